The first-order valence-corrected chi connectivity index (χ1v) is 10.7. The maximum absolute atomic E-state index is 13.2. The number of rotatable bonds is 12. The van der Waals surface area contributed by atoms with Gasteiger partial charge in [0.25, 0.3) is 11.8 Å². The highest BCUT2D eigenvalue weighted by atomic mass is 19.1. The minimum absolute atomic E-state index is 0.0923. The molecule has 0 aliphatic heterocycles. The van der Waals surface area contributed by atoms with Crippen LogP contribution in [-0.4, -0.2) is 48.6 Å². The fourth-order valence-corrected chi connectivity index (χ4v) is 3.33. The van der Waals surface area contributed by atoms with Crippen molar-refractivity contribution in [2.24, 2.45) is 5.10 Å². The van der Waals surface area contributed by atoms with Gasteiger partial charge in [0.2, 0.25) is 0 Å². The second kappa shape index (κ2) is 13.3. The van der Waals surface area contributed by atoms with Crippen LogP contribution in [0.1, 0.15) is 49.0 Å². The lowest BCUT2D eigenvalue weighted by atomic mass is 10.1. The molecule has 2 aromatic carbocycles. The molecule has 7 heteroatoms. The van der Waals surface area contributed by atoms with Crippen LogP contribution < -0.4 is 10.7 Å². The zero-order valence-corrected chi connectivity index (χ0v) is 18.2. The van der Waals surface area contributed by atoms with E-state index in [0.717, 1.165) is 25.9 Å². The standard InChI is InChI=1S/C24H31FN4O2/c1-3-29(4-2)22(24(31)28-27-18-19-11-10-14-21(25)17-19)15-8-9-16-26-23(30)20-12-6-5-7-13-20/h5-7,10-14,17-18,22H,3-4,8-9,15-16H2,1-2H3,(H,26,30)(H,28,31)/b27-18+. The van der Waals surface area contributed by atoms with Crippen LogP contribution >= 0.6 is 0 Å². The molecule has 0 heterocycles. The Balaban J connectivity index is 1.82. The van der Waals surface area contributed by atoms with Gasteiger partial charge in [-0.2, -0.15) is 5.10 Å². The first-order valence-electron chi connectivity index (χ1n) is 10.7. The maximum Gasteiger partial charge on any atom is 0.257 e. The second-order valence-electron chi connectivity index (χ2n) is 7.14. The summed E-state index contributed by atoms with van der Waals surface area (Å²) in [5, 5.41) is 6.89. The summed E-state index contributed by atoms with van der Waals surface area (Å²) in [6.45, 7) is 6.07. The van der Waals surface area contributed by atoms with Crippen LogP contribution in [0.15, 0.2) is 59.7 Å². The summed E-state index contributed by atoms with van der Waals surface area (Å²) in [5.74, 6) is -0.634. The molecule has 2 amide bonds. The van der Waals surface area contributed by atoms with Crippen LogP contribution in [0.25, 0.3) is 0 Å². The van der Waals surface area contributed by atoms with Gasteiger partial charge in [-0.3, -0.25) is 14.5 Å². The van der Waals surface area contributed by atoms with Crippen molar-refractivity contribution in [1.29, 1.82) is 0 Å². The molecule has 0 saturated heterocycles. The van der Waals surface area contributed by atoms with Crippen molar-refractivity contribution in [3.63, 3.8) is 0 Å². The van der Waals surface area contributed by atoms with Crippen molar-refractivity contribution < 1.29 is 14.0 Å². The van der Waals surface area contributed by atoms with Gasteiger partial charge in [0.05, 0.1) is 12.3 Å². The highest BCUT2D eigenvalue weighted by Crippen LogP contribution is 2.10. The Bertz CT molecular complexity index is 854. The highest BCUT2D eigenvalue weighted by Gasteiger charge is 2.23. The molecule has 2 aromatic rings. The van der Waals surface area contributed by atoms with Crippen LogP contribution in [0.2, 0.25) is 0 Å². The summed E-state index contributed by atoms with van der Waals surface area (Å²) in [5.41, 5.74) is 3.79. The minimum atomic E-state index is -0.351. The summed E-state index contributed by atoms with van der Waals surface area (Å²) in [4.78, 5) is 26.9. The lowest BCUT2D eigenvalue weighted by molar-refractivity contribution is -0.126. The summed E-state index contributed by atoms with van der Waals surface area (Å²) < 4.78 is 13.2. The van der Waals surface area contributed by atoms with Crippen molar-refractivity contribution in [2.45, 2.75) is 39.2 Å². The van der Waals surface area contributed by atoms with Gasteiger partial charge in [0.15, 0.2) is 0 Å². The number of nitrogens with zero attached hydrogens (tertiary/aromatic N) is 2. The lowest BCUT2D eigenvalue weighted by Crippen LogP contribution is -2.45. The Morgan fingerprint density at radius 2 is 1.81 bits per heavy atom. The number of hydrogen-bond donors (Lipinski definition) is 2. The molecule has 0 aliphatic carbocycles. The highest BCUT2D eigenvalue weighted by molar-refractivity contribution is 5.94. The van der Waals surface area contributed by atoms with E-state index in [-0.39, 0.29) is 23.7 Å². The number of hydrogen-bond acceptors (Lipinski definition) is 4. The Hall–Kier alpha value is -3.06. The third kappa shape index (κ3) is 8.30. The smallest absolute Gasteiger partial charge is 0.257 e. The normalized spacial score (nSPS) is 12.1. The topological polar surface area (TPSA) is 73.8 Å². The lowest BCUT2D eigenvalue weighted by Gasteiger charge is -2.28. The zero-order chi connectivity index (χ0) is 22.5. The molecule has 2 rings (SSSR count). The molecule has 0 bridgehead atoms. The van der Waals surface area contributed by atoms with Gasteiger partial charge < -0.3 is 5.32 Å². The molecule has 0 fully saturated rings. The maximum atomic E-state index is 13.2. The van der Waals surface area contributed by atoms with Crippen LogP contribution in [-0.2, 0) is 4.79 Å². The second-order valence-corrected chi connectivity index (χ2v) is 7.14. The fraction of sp³-hybridized carbons (Fsp3) is 0.375. The Morgan fingerprint density at radius 1 is 1.06 bits per heavy atom. The van der Waals surface area contributed by atoms with Crippen molar-refractivity contribution in [3.8, 4) is 0 Å². The molecule has 0 radical (unpaired) electrons. The Kier molecular flexibility index (Phi) is 10.4. The van der Waals surface area contributed by atoms with Gasteiger partial charge >= 0.3 is 0 Å². The number of halogens is 1. The molecule has 1 atom stereocenters. The molecule has 0 aliphatic rings. The van der Waals surface area contributed by atoms with Gasteiger partial charge in [0, 0.05) is 12.1 Å². The van der Waals surface area contributed by atoms with E-state index in [1.54, 1.807) is 24.3 Å². The predicted molar refractivity (Wildman–Crippen MR) is 121 cm³/mol. The first kappa shape index (κ1) is 24.2. The zero-order valence-electron chi connectivity index (χ0n) is 18.2. The Labute approximate surface area is 183 Å². The minimum Gasteiger partial charge on any atom is -0.352 e. The van der Waals surface area contributed by atoms with Gasteiger partial charge in [0.1, 0.15) is 5.82 Å². The van der Waals surface area contributed by atoms with Gasteiger partial charge in [-0.25, -0.2) is 9.82 Å². The van der Waals surface area contributed by atoms with Crippen LogP contribution in [0, 0.1) is 5.82 Å². The van der Waals surface area contributed by atoms with Gasteiger partial charge in [-0.1, -0.05) is 44.2 Å². The van der Waals surface area contributed by atoms with Crippen LogP contribution in [0.3, 0.4) is 0 Å². The molecular weight excluding hydrogens is 395 g/mol. The van der Waals surface area contributed by atoms with E-state index in [1.807, 2.05) is 32.0 Å². The number of carbonyl (C=O) groups is 2. The molecular formula is C24H31FN4O2. The monoisotopic (exact) mass is 426 g/mol. The summed E-state index contributed by atoms with van der Waals surface area (Å²) in [6.07, 6.45) is 3.65. The number of amides is 2. The van der Waals surface area contributed by atoms with Crippen LogP contribution in [0.5, 0.6) is 0 Å². The molecule has 1 unspecified atom stereocenters. The van der Waals surface area contributed by atoms with Crippen molar-refractivity contribution in [3.05, 3.63) is 71.5 Å². The SMILES string of the molecule is CCN(CC)C(CCCCNC(=O)c1ccccc1)C(=O)N/N=C/c1cccc(F)c1. The molecule has 0 aromatic heterocycles. The quantitative estimate of drug-likeness (QED) is 0.309. The predicted octanol–water partition coefficient (Wildman–Crippen LogP) is 3.59. The molecule has 0 saturated carbocycles. The average Bonchev–Trinajstić information content (AvgIpc) is 2.78. The summed E-state index contributed by atoms with van der Waals surface area (Å²) >= 11 is 0. The van der Waals surface area contributed by atoms with Crippen molar-refractivity contribution >= 4 is 18.0 Å². The fourth-order valence-electron chi connectivity index (χ4n) is 3.33. The first-order chi connectivity index (χ1) is 15.0. The molecule has 166 valence electrons. The van der Waals surface area contributed by atoms with Crippen molar-refractivity contribution in [2.75, 3.05) is 19.6 Å². The van der Waals surface area contributed by atoms with E-state index in [4.69, 9.17) is 0 Å². The van der Waals surface area contributed by atoms with E-state index >= 15 is 0 Å². The largest absolute Gasteiger partial charge is 0.352 e. The van der Waals surface area contributed by atoms with E-state index in [9.17, 15) is 14.0 Å². The summed E-state index contributed by atoms with van der Waals surface area (Å²) in [6, 6.07) is 14.8. The van der Waals surface area contributed by atoms with E-state index in [0.29, 0.717) is 24.1 Å². The third-order valence-electron chi connectivity index (χ3n) is 5.02. The molecule has 31 heavy (non-hydrogen) atoms. The number of carbonyl (C=O) groups excluding carboxylic acids is 2. The van der Waals surface area contributed by atoms with E-state index < -0.39 is 0 Å². The molecule has 2 N–H and O–H groups in total. The summed E-state index contributed by atoms with van der Waals surface area (Å²) in [7, 11) is 0. The van der Waals surface area contributed by atoms with E-state index in [2.05, 4.69) is 20.7 Å². The molecule has 6 nitrogen and oxygen atoms in total. The number of unbranched alkanes of at least 4 members (excludes halogenated alkanes) is 1. The third-order valence-corrected chi connectivity index (χ3v) is 5.02. The van der Waals surface area contributed by atoms with Gasteiger partial charge in [-0.15, -0.1) is 0 Å². The van der Waals surface area contributed by atoms with Crippen LogP contribution in [0.4, 0.5) is 4.39 Å². The molecule has 0 spiro atoms. The Morgan fingerprint density at radius 3 is 2.48 bits per heavy atom. The number of nitrogens with one attached hydrogen (secondary N) is 2. The number of hydrazone groups is 1. The average molecular weight is 427 g/mol. The van der Waals surface area contributed by atoms with E-state index in [1.165, 1.54) is 18.3 Å². The van der Waals surface area contributed by atoms with Gasteiger partial charge in [-0.05, 0) is 62.2 Å². The number of likely N-dealkylation sites (N-methyl/N-ethyl adjacent to an activating group) is 1. The number of benzene rings is 2. The van der Waals surface area contributed by atoms with Crippen molar-refractivity contribution in [1.82, 2.24) is 15.6 Å².